The predicted molar refractivity (Wildman–Crippen MR) is 116 cm³/mol. The fourth-order valence-corrected chi connectivity index (χ4v) is 4.66. The molecule has 0 radical (unpaired) electrons. The van der Waals surface area contributed by atoms with E-state index in [0.29, 0.717) is 5.56 Å². The normalized spacial score (nSPS) is 17.6. The van der Waals surface area contributed by atoms with Gasteiger partial charge in [0, 0.05) is 19.6 Å². The summed E-state index contributed by atoms with van der Waals surface area (Å²) in [6.07, 6.45) is 7.61. The van der Waals surface area contributed by atoms with Crippen molar-refractivity contribution >= 4 is 5.91 Å². The van der Waals surface area contributed by atoms with Gasteiger partial charge in [-0.15, -0.1) is 0 Å². The summed E-state index contributed by atoms with van der Waals surface area (Å²) in [4.78, 5) is 17.5. The van der Waals surface area contributed by atoms with Gasteiger partial charge >= 0.3 is 0 Å². The summed E-state index contributed by atoms with van der Waals surface area (Å²) in [7, 11) is 0. The molecule has 2 aromatic carbocycles. The van der Waals surface area contributed by atoms with Crippen molar-refractivity contribution in [3.05, 3.63) is 64.7 Å². The number of carbonyl (C=O) groups is 1. The van der Waals surface area contributed by atoms with Gasteiger partial charge in [0.2, 0.25) is 0 Å². The molecule has 1 fully saturated rings. The number of nitrogens with zero attached hydrogens (tertiary/aromatic N) is 2. The number of aryl methyl sites for hydroxylation is 3. The minimum absolute atomic E-state index is 0.0120. The van der Waals surface area contributed by atoms with Crippen LogP contribution in [0.25, 0.3) is 0 Å². The van der Waals surface area contributed by atoms with Crippen LogP contribution in [0.1, 0.15) is 52.7 Å². The van der Waals surface area contributed by atoms with Crippen LogP contribution < -0.4 is 0 Å². The van der Waals surface area contributed by atoms with Gasteiger partial charge in [-0.3, -0.25) is 4.79 Å². The molecule has 4 nitrogen and oxygen atoms in total. The Bertz CT molecular complexity index is 834. The zero-order chi connectivity index (χ0) is 20.1. The van der Waals surface area contributed by atoms with Gasteiger partial charge in [0.25, 0.3) is 5.91 Å². The van der Waals surface area contributed by atoms with E-state index in [2.05, 4.69) is 35.2 Å². The lowest BCUT2D eigenvalue weighted by Crippen LogP contribution is -2.35. The first kappa shape index (κ1) is 20.0. The molecule has 154 valence electrons. The van der Waals surface area contributed by atoms with E-state index >= 15 is 0 Å². The zero-order valence-electron chi connectivity index (χ0n) is 17.3. The third-order valence-corrected chi connectivity index (χ3v) is 6.35. The minimum Gasteiger partial charge on any atom is -0.507 e. The quantitative estimate of drug-likeness (QED) is 0.835. The van der Waals surface area contributed by atoms with Crippen LogP contribution in [0.15, 0.2) is 42.5 Å². The second-order valence-electron chi connectivity index (χ2n) is 8.42. The maximum atomic E-state index is 13.1. The molecule has 1 saturated heterocycles. The molecule has 29 heavy (non-hydrogen) atoms. The highest BCUT2D eigenvalue weighted by Gasteiger charge is 2.24. The van der Waals surface area contributed by atoms with Crippen molar-refractivity contribution in [3.63, 3.8) is 0 Å². The monoisotopic (exact) mass is 392 g/mol. The van der Waals surface area contributed by atoms with Crippen LogP contribution in [0.3, 0.4) is 0 Å². The highest BCUT2D eigenvalue weighted by atomic mass is 16.3. The standard InChI is InChI=1S/C25H32N2O2/c28-24-19-22-12-5-4-11-21(22)18-23(24)25(29)27-15-7-14-26(16-17-27)13-6-10-20-8-2-1-3-9-20/h1-3,8-9,18-19,28H,4-7,10-17H2. The molecular formula is C25H32N2O2. The molecule has 0 saturated carbocycles. The van der Waals surface area contributed by atoms with E-state index in [4.69, 9.17) is 0 Å². The van der Waals surface area contributed by atoms with Gasteiger partial charge in [0.05, 0.1) is 5.56 Å². The summed E-state index contributed by atoms with van der Waals surface area (Å²) in [5.74, 6) is 0.140. The van der Waals surface area contributed by atoms with Gasteiger partial charge in [-0.05, 0) is 86.9 Å². The maximum absolute atomic E-state index is 13.1. The molecule has 1 N–H and O–H groups in total. The van der Waals surface area contributed by atoms with Crippen molar-refractivity contribution in [3.8, 4) is 5.75 Å². The number of amides is 1. The molecule has 1 aliphatic heterocycles. The zero-order valence-corrected chi connectivity index (χ0v) is 17.3. The molecule has 0 unspecified atom stereocenters. The number of hydrogen-bond acceptors (Lipinski definition) is 3. The molecule has 1 heterocycles. The van der Waals surface area contributed by atoms with Crippen molar-refractivity contribution in [1.29, 1.82) is 0 Å². The van der Waals surface area contributed by atoms with Crippen LogP contribution in [0, 0.1) is 0 Å². The van der Waals surface area contributed by atoms with Gasteiger partial charge < -0.3 is 14.9 Å². The van der Waals surface area contributed by atoms with Crippen LogP contribution in [0.4, 0.5) is 0 Å². The molecule has 0 spiro atoms. The summed E-state index contributed by atoms with van der Waals surface area (Å²) >= 11 is 0. The van der Waals surface area contributed by atoms with Crippen molar-refractivity contribution in [2.24, 2.45) is 0 Å². The number of carbonyl (C=O) groups excluding carboxylic acids is 1. The van der Waals surface area contributed by atoms with Crippen LogP contribution in [-0.4, -0.2) is 53.5 Å². The average Bonchev–Trinajstić information content (AvgIpc) is 2.99. The van der Waals surface area contributed by atoms with E-state index in [0.717, 1.165) is 64.8 Å². The van der Waals surface area contributed by atoms with E-state index in [9.17, 15) is 9.90 Å². The van der Waals surface area contributed by atoms with Crippen molar-refractivity contribution in [1.82, 2.24) is 9.80 Å². The van der Waals surface area contributed by atoms with E-state index in [1.54, 1.807) is 0 Å². The Labute approximate surface area is 174 Å². The highest BCUT2D eigenvalue weighted by Crippen LogP contribution is 2.29. The summed E-state index contributed by atoms with van der Waals surface area (Å²) in [5.41, 5.74) is 4.34. The smallest absolute Gasteiger partial charge is 0.257 e. The van der Waals surface area contributed by atoms with Crippen molar-refractivity contribution < 1.29 is 9.90 Å². The van der Waals surface area contributed by atoms with Gasteiger partial charge in [0.15, 0.2) is 0 Å². The average molecular weight is 393 g/mol. The topological polar surface area (TPSA) is 43.8 Å². The van der Waals surface area contributed by atoms with Gasteiger partial charge in [-0.2, -0.15) is 0 Å². The Morgan fingerprint density at radius 3 is 2.45 bits per heavy atom. The highest BCUT2D eigenvalue weighted by molar-refractivity contribution is 5.97. The number of aromatic hydroxyl groups is 1. The first-order chi connectivity index (χ1) is 14.2. The van der Waals surface area contributed by atoms with Crippen molar-refractivity contribution in [2.45, 2.75) is 44.9 Å². The molecule has 2 aromatic rings. The van der Waals surface area contributed by atoms with Gasteiger partial charge in [0.1, 0.15) is 5.75 Å². The number of benzene rings is 2. The first-order valence-electron chi connectivity index (χ1n) is 11.1. The van der Waals surface area contributed by atoms with E-state index in [-0.39, 0.29) is 11.7 Å². The van der Waals surface area contributed by atoms with Gasteiger partial charge in [-0.25, -0.2) is 0 Å². The summed E-state index contributed by atoms with van der Waals surface area (Å²) in [5, 5.41) is 10.5. The maximum Gasteiger partial charge on any atom is 0.257 e. The second-order valence-corrected chi connectivity index (χ2v) is 8.42. The second kappa shape index (κ2) is 9.45. The molecule has 1 aliphatic carbocycles. The Morgan fingerprint density at radius 2 is 1.66 bits per heavy atom. The number of rotatable bonds is 5. The first-order valence-corrected chi connectivity index (χ1v) is 11.1. The van der Waals surface area contributed by atoms with Crippen LogP contribution >= 0.6 is 0 Å². The lowest BCUT2D eigenvalue weighted by molar-refractivity contribution is 0.0758. The van der Waals surface area contributed by atoms with E-state index in [1.807, 2.05) is 17.0 Å². The number of phenols is 1. The molecular weight excluding hydrogens is 360 g/mol. The molecule has 0 atom stereocenters. The summed E-state index contributed by atoms with van der Waals surface area (Å²) in [6, 6.07) is 14.4. The Hall–Kier alpha value is -2.33. The third kappa shape index (κ3) is 4.99. The van der Waals surface area contributed by atoms with Crippen LogP contribution in [0.2, 0.25) is 0 Å². The molecule has 4 heteroatoms. The summed E-state index contributed by atoms with van der Waals surface area (Å²) < 4.78 is 0. The SMILES string of the molecule is O=C(c1cc2c(cc1O)CCCC2)N1CCCN(CCCc2ccccc2)CC1. The molecule has 2 aliphatic rings. The fraction of sp³-hybridized carbons (Fsp3) is 0.480. The molecule has 0 bridgehead atoms. The summed E-state index contributed by atoms with van der Waals surface area (Å²) in [6.45, 7) is 4.52. The van der Waals surface area contributed by atoms with E-state index < -0.39 is 0 Å². The molecule has 0 aromatic heterocycles. The van der Waals surface area contributed by atoms with Crippen molar-refractivity contribution in [2.75, 3.05) is 32.7 Å². The minimum atomic E-state index is -0.0120. The molecule has 4 rings (SSSR count). The van der Waals surface area contributed by atoms with Crippen LogP contribution in [0.5, 0.6) is 5.75 Å². The number of fused-ring (bicyclic) bond motifs is 1. The number of hydrogen-bond donors (Lipinski definition) is 1. The third-order valence-electron chi connectivity index (χ3n) is 6.35. The lowest BCUT2D eigenvalue weighted by Gasteiger charge is -2.24. The fourth-order valence-electron chi connectivity index (χ4n) is 4.66. The predicted octanol–water partition coefficient (Wildman–Crippen LogP) is 4.05. The van der Waals surface area contributed by atoms with E-state index in [1.165, 1.54) is 29.5 Å². The lowest BCUT2D eigenvalue weighted by atomic mass is 9.89. The Balaban J connectivity index is 1.33. The Morgan fingerprint density at radius 1 is 0.897 bits per heavy atom. The Kier molecular flexibility index (Phi) is 6.50. The number of phenolic OH excluding ortho intramolecular Hbond substituents is 1. The molecule has 1 amide bonds. The van der Waals surface area contributed by atoms with Gasteiger partial charge in [-0.1, -0.05) is 30.3 Å². The largest absolute Gasteiger partial charge is 0.507 e. The van der Waals surface area contributed by atoms with Crippen LogP contribution in [-0.2, 0) is 19.3 Å².